The van der Waals surface area contributed by atoms with Gasteiger partial charge in [0.05, 0.1) is 19.8 Å². The number of carbonyl (C=O) groups is 2. The first-order valence-electron chi connectivity index (χ1n) is 10.1. The first kappa shape index (κ1) is 22.7. The lowest BCUT2D eigenvalue weighted by atomic mass is 9.94. The van der Waals surface area contributed by atoms with E-state index >= 15 is 0 Å². The summed E-state index contributed by atoms with van der Waals surface area (Å²) >= 11 is 0. The van der Waals surface area contributed by atoms with Crippen LogP contribution in [-0.4, -0.2) is 31.6 Å². The van der Waals surface area contributed by atoms with E-state index < -0.39 is 25.0 Å². The molecule has 1 aliphatic heterocycles. The minimum atomic E-state index is -3.59. The molecule has 1 saturated heterocycles. The molecule has 0 amide bonds. The molecule has 1 heterocycles. The quantitative estimate of drug-likeness (QED) is 0.213. The lowest BCUT2D eigenvalue weighted by Gasteiger charge is -2.37. The second-order valence-electron chi connectivity index (χ2n) is 8.68. The van der Waals surface area contributed by atoms with Crippen molar-refractivity contribution in [1.82, 2.24) is 0 Å². The number of hydrogen-bond acceptors (Lipinski definition) is 6. The van der Waals surface area contributed by atoms with Crippen molar-refractivity contribution in [3.05, 3.63) is 52.1 Å². The Kier molecular flexibility index (Phi) is 6.24. The lowest BCUT2D eigenvalue weighted by Crippen LogP contribution is -2.30. The monoisotopic (exact) mass is 432 g/mol. The highest BCUT2D eigenvalue weighted by Gasteiger charge is 2.51. The van der Waals surface area contributed by atoms with E-state index in [0.29, 0.717) is 29.9 Å². The molecular weight excluding hydrogens is 403 g/mol. The molecule has 0 bridgehead atoms. The van der Waals surface area contributed by atoms with Crippen molar-refractivity contribution in [3.63, 3.8) is 0 Å². The van der Waals surface area contributed by atoms with E-state index in [1.54, 1.807) is 6.92 Å². The predicted molar refractivity (Wildman–Crippen MR) is 115 cm³/mol. The maximum Gasteiger partial charge on any atom is 0.342 e. The number of allylic oxidation sites excluding steroid dienone is 3. The number of ether oxygens (including phenoxy) is 1. The summed E-state index contributed by atoms with van der Waals surface area (Å²) in [7, 11) is -3.59. The minimum Gasteiger partial charge on any atom is -0.462 e. The molecule has 30 heavy (non-hydrogen) atoms. The standard InChI is InChI=1S/C23H29O6P/c1-7-27-22(25)19(15(4)24)20-16-10-8-9-11-17(16)21(18(20)14(2)3)30(26)28-12-23(5,6)13-29-30/h8-11,21H,7,12-13H2,1-6H3/b20-19+. The number of Topliss-reactive ketones (excluding diaryl/α,β-unsaturated/α-hetero) is 1. The Morgan fingerprint density at radius 1 is 1.13 bits per heavy atom. The van der Waals surface area contributed by atoms with Crippen LogP contribution in [0.25, 0.3) is 5.57 Å². The summed E-state index contributed by atoms with van der Waals surface area (Å²) in [5, 5.41) is 0. The molecule has 0 aromatic heterocycles. The van der Waals surface area contributed by atoms with Gasteiger partial charge in [0.1, 0.15) is 11.2 Å². The van der Waals surface area contributed by atoms with Gasteiger partial charge in [-0.1, -0.05) is 43.7 Å². The Labute approximate surface area is 177 Å². The van der Waals surface area contributed by atoms with Gasteiger partial charge in [-0.3, -0.25) is 9.36 Å². The van der Waals surface area contributed by atoms with E-state index in [9.17, 15) is 14.2 Å². The largest absolute Gasteiger partial charge is 0.462 e. The van der Waals surface area contributed by atoms with Crippen LogP contribution >= 0.6 is 7.60 Å². The first-order valence-corrected chi connectivity index (χ1v) is 11.7. The van der Waals surface area contributed by atoms with Crippen LogP contribution < -0.4 is 0 Å². The van der Waals surface area contributed by atoms with Gasteiger partial charge in [0.15, 0.2) is 5.78 Å². The lowest BCUT2D eigenvalue weighted by molar-refractivity contribution is -0.139. The molecule has 1 aromatic rings. The Bertz CT molecular complexity index is 983. The van der Waals surface area contributed by atoms with Crippen molar-refractivity contribution in [3.8, 4) is 0 Å². The third-order valence-corrected chi connectivity index (χ3v) is 7.42. The maximum atomic E-state index is 13.9. The zero-order valence-corrected chi connectivity index (χ0v) is 19.3. The Hall–Kier alpha value is -2.01. The van der Waals surface area contributed by atoms with Crippen LogP contribution in [0.5, 0.6) is 0 Å². The molecule has 7 heteroatoms. The van der Waals surface area contributed by atoms with Crippen LogP contribution in [0.4, 0.5) is 0 Å². The van der Waals surface area contributed by atoms with E-state index in [4.69, 9.17) is 13.8 Å². The Morgan fingerprint density at radius 3 is 2.27 bits per heavy atom. The van der Waals surface area contributed by atoms with E-state index in [2.05, 4.69) is 0 Å². The number of ketones is 1. The maximum absolute atomic E-state index is 13.9. The van der Waals surface area contributed by atoms with E-state index in [-0.39, 0.29) is 17.6 Å². The fourth-order valence-corrected chi connectivity index (χ4v) is 6.61. The van der Waals surface area contributed by atoms with Crippen LogP contribution in [0.15, 0.2) is 41.0 Å². The third-order valence-electron chi connectivity index (χ3n) is 5.27. The second kappa shape index (κ2) is 8.26. The zero-order valence-electron chi connectivity index (χ0n) is 18.4. The highest BCUT2D eigenvalue weighted by molar-refractivity contribution is 7.54. The molecule has 0 N–H and O–H groups in total. The number of fused-ring (bicyclic) bond motifs is 1. The Balaban J connectivity index is 2.29. The Morgan fingerprint density at radius 2 is 1.73 bits per heavy atom. The van der Waals surface area contributed by atoms with Gasteiger partial charge in [-0.05, 0) is 44.4 Å². The van der Waals surface area contributed by atoms with E-state index in [0.717, 1.165) is 11.1 Å². The predicted octanol–water partition coefficient (Wildman–Crippen LogP) is 5.25. The molecule has 162 valence electrons. The summed E-state index contributed by atoms with van der Waals surface area (Å²) in [5.41, 5.74) is 2.37. The summed E-state index contributed by atoms with van der Waals surface area (Å²) in [4.78, 5) is 25.3. The van der Waals surface area contributed by atoms with E-state index in [1.807, 2.05) is 52.0 Å². The normalized spacial score (nSPS) is 23.5. The second-order valence-corrected chi connectivity index (χ2v) is 10.8. The first-order chi connectivity index (χ1) is 14.0. The van der Waals surface area contributed by atoms with Gasteiger partial charge >= 0.3 is 13.6 Å². The summed E-state index contributed by atoms with van der Waals surface area (Å²) in [6, 6.07) is 7.35. The molecular formula is C23H29O6P. The van der Waals surface area contributed by atoms with E-state index in [1.165, 1.54) is 6.92 Å². The minimum absolute atomic E-state index is 0.0352. The van der Waals surface area contributed by atoms with Crippen molar-refractivity contribution in [2.24, 2.45) is 5.41 Å². The molecule has 0 saturated carbocycles. The summed E-state index contributed by atoms with van der Waals surface area (Å²) in [5.74, 6) is -1.08. The third kappa shape index (κ3) is 3.96. The molecule has 1 unspecified atom stereocenters. The molecule has 3 rings (SSSR count). The van der Waals surface area contributed by atoms with Gasteiger partial charge in [-0.15, -0.1) is 0 Å². The summed E-state index contributed by atoms with van der Waals surface area (Å²) in [6.45, 7) is 11.5. The SMILES string of the molecule is CCOC(=O)/C(C(C)=O)=C1/C(=C(C)C)C(P2(=O)OCC(C)(C)CO2)c2ccccc21. The smallest absolute Gasteiger partial charge is 0.342 e. The highest BCUT2D eigenvalue weighted by Crippen LogP contribution is 2.71. The van der Waals surface area contributed by atoms with Crippen LogP contribution in [0, 0.1) is 5.41 Å². The molecule has 1 fully saturated rings. The summed E-state index contributed by atoms with van der Waals surface area (Å²) < 4.78 is 30.9. The number of carbonyl (C=O) groups excluding carboxylic acids is 2. The van der Waals surface area contributed by atoms with Crippen LogP contribution in [-0.2, 0) is 27.9 Å². The van der Waals surface area contributed by atoms with Crippen molar-refractivity contribution >= 4 is 24.9 Å². The number of esters is 1. The molecule has 2 aliphatic rings. The highest BCUT2D eigenvalue weighted by atomic mass is 31.2. The van der Waals surface area contributed by atoms with Crippen molar-refractivity contribution in [1.29, 1.82) is 0 Å². The van der Waals surface area contributed by atoms with Crippen LogP contribution in [0.2, 0.25) is 0 Å². The molecule has 0 radical (unpaired) electrons. The molecule has 1 atom stereocenters. The van der Waals surface area contributed by atoms with Gasteiger partial charge in [-0.25, -0.2) is 4.79 Å². The van der Waals surface area contributed by atoms with Gasteiger partial charge in [-0.2, -0.15) is 0 Å². The van der Waals surface area contributed by atoms with Crippen LogP contribution in [0.1, 0.15) is 58.3 Å². The fraction of sp³-hybridized carbons (Fsp3) is 0.478. The van der Waals surface area contributed by atoms with Gasteiger partial charge in [0.25, 0.3) is 0 Å². The molecule has 0 spiro atoms. The molecule has 1 aromatic carbocycles. The van der Waals surface area contributed by atoms with Crippen molar-refractivity contribution in [2.75, 3.05) is 19.8 Å². The van der Waals surface area contributed by atoms with Gasteiger partial charge < -0.3 is 13.8 Å². The fourth-order valence-electron chi connectivity index (χ4n) is 3.90. The number of benzene rings is 1. The molecule has 6 nitrogen and oxygen atoms in total. The number of rotatable bonds is 4. The topological polar surface area (TPSA) is 78.9 Å². The van der Waals surface area contributed by atoms with Gasteiger partial charge in [0.2, 0.25) is 0 Å². The number of hydrogen-bond donors (Lipinski definition) is 0. The van der Waals surface area contributed by atoms with Gasteiger partial charge in [0, 0.05) is 11.0 Å². The zero-order chi connectivity index (χ0) is 22.3. The average molecular weight is 432 g/mol. The van der Waals surface area contributed by atoms with Crippen molar-refractivity contribution in [2.45, 2.75) is 47.2 Å². The van der Waals surface area contributed by atoms with Crippen LogP contribution in [0.3, 0.4) is 0 Å². The summed E-state index contributed by atoms with van der Waals surface area (Å²) in [6.07, 6.45) is 0. The average Bonchev–Trinajstić information content (AvgIpc) is 3.01. The molecule has 1 aliphatic carbocycles. The van der Waals surface area contributed by atoms with Crippen molar-refractivity contribution < 1.29 is 27.9 Å².